The van der Waals surface area contributed by atoms with Crippen molar-refractivity contribution in [3.63, 3.8) is 0 Å². The molecule has 0 radical (unpaired) electrons. The van der Waals surface area contributed by atoms with Crippen LogP contribution in [0.2, 0.25) is 0 Å². The Labute approximate surface area is 140 Å². The molecule has 1 aromatic rings. The van der Waals surface area contributed by atoms with E-state index in [2.05, 4.69) is 23.1 Å². The third-order valence-corrected chi connectivity index (χ3v) is 6.03. The summed E-state index contributed by atoms with van der Waals surface area (Å²) in [5.41, 5.74) is 2.05. The fraction of sp³-hybridized carbons (Fsp3) is 0.556. The van der Waals surface area contributed by atoms with Gasteiger partial charge in [-0.25, -0.2) is 0 Å². The second-order valence-corrected chi connectivity index (χ2v) is 6.95. The Balaban J connectivity index is 1.74. The smallest absolute Gasteiger partial charge is 0.231 e. The second-order valence-electron chi connectivity index (χ2n) is 6.95. The number of fused-ring (bicyclic) bond motifs is 2. The maximum Gasteiger partial charge on any atom is 0.231 e. The second kappa shape index (κ2) is 4.88. The number of benzene rings is 1. The van der Waals surface area contributed by atoms with Gasteiger partial charge in [0.15, 0.2) is 11.5 Å². The predicted octanol–water partition coefficient (Wildman–Crippen LogP) is 1.54. The predicted molar refractivity (Wildman–Crippen MR) is 85.3 cm³/mol. The normalized spacial score (nSPS) is 38.0. The zero-order chi connectivity index (χ0) is 16.5. The molecule has 1 aromatic carbocycles. The van der Waals surface area contributed by atoms with Crippen LogP contribution < -0.4 is 14.2 Å². The molecule has 6 nitrogen and oxygen atoms in total. The minimum atomic E-state index is -0.468. The molecule has 4 aliphatic rings. The molecule has 2 bridgehead atoms. The third-order valence-electron chi connectivity index (χ3n) is 6.03. The summed E-state index contributed by atoms with van der Waals surface area (Å²) in [7, 11) is 3.39. The van der Waals surface area contributed by atoms with Crippen molar-refractivity contribution in [1.29, 1.82) is 0 Å². The van der Waals surface area contributed by atoms with Gasteiger partial charge in [-0.05, 0) is 18.1 Å². The number of aliphatic hydroxyl groups excluding tert-OH is 1. The van der Waals surface area contributed by atoms with Gasteiger partial charge in [-0.1, -0.05) is 12.2 Å². The van der Waals surface area contributed by atoms with Crippen molar-refractivity contribution in [2.24, 2.45) is 0 Å². The van der Waals surface area contributed by atoms with Crippen molar-refractivity contribution in [2.75, 3.05) is 21.0 Å². The van der Waals surface area contributed by atoms with Gasteiger partial charge in [0, 0.05) is 37.1 Å². The molecule has 3 aliphatic heterocycles. The van der Waals surface area contributed by atoms with Crippen LogP contribution in [0.25, 0.3) is 0 Å². The Morgan fingerprint density at radius 2 is 2.21 bits per heavy atom. The van der Waals surface area contributed by atoms with Gasteiger partial charge in [-0.3, -0.25) is 4.90 Å². The van der Waals surface area contributed by atoms with Crippen molar-refractivity contribution < 1.29 is 24.1 Å². The summed E-state index contributed by atoms with van der Waals surface area (Å²) >= 11 is 0. The number of aliphatic hydroxyl groups is 1. The molecule has 1 saturated heterocycles. The summed E-state index contributed by atoms with van der Waals surface area (Å²) in [5.74, 6) is 2.14. The number of hydrogen-bond donors (Lipinski definition) is 1. The first kappa shape index (κ1) is 14.6. The maximum atomic E-state index is 10.7. The fourth-order valence-electron chi connectivity index (χ4n) is 4.95. The maximum absolute atomic E-state index is 10.7. The van der Waals surface area contributed by atoms with E-state index in [1.807, 2.05) is 0 Å². The lowest BCUT2D eigenvalue weighted by Crippen LogP contribution is -2.50. The van der Waals surface area contributed by atoms with Crippen molar-refractivity contribution in [3.05, 3.63) is 29.3 Å². The minimum Gasteiger partial charge on any atom is -0.492 e. The molecule has 3 heterocycles. The van der Waals surface area contributed by atoms with E-state index in [0.717, 1.165) is 23.5 Å². The summed E-state index contributed by atoms with van der Waals surface area (Å²) in [6.45, 7) is 0.867. The third kappa shape index (κ3) is 1.66. The summed E-state index contributed by atoms with van der Waals surface area (Å²) in [6, 6.07) is 2.31. The van der Waals surface area contributed by atoms with Crippen molar-refractivity contribution in [1.82, 2.24) is 4.90 Å². The number of ether oxygens (including phenoxy) is 4. The first-order valence-corrected chi connectivity index (χ1v) is 8.34. The van der Waals surface area contributed by atoms with E-state index in [1.54, 1.807) is 14.2 Å². The molecule has 6 heteroatoms. The molecule has 0 aromatic heterocycles. The molecule has 24 heavy (non-hydrogen) atoms. The SMILES string of the molecule is COc1c2c(cc3c1OCO3)C13C=C[C@H](OC)C[C@H]1N(C2)[C@@H](O)C3. The van der Waals surface area contributed by atoms with Gasteiger partial charge < -0.3 is 24.1 Å². The molecular weight excluding hydrogens is 310 g/mol. The van der Waals surface area contributed by atoms with Gasteiger partial charge in [-0.15, -0.1) is 0 Å². The lowest BCUT2D eigenvalue weighted by molar-refractivity contribution is -0.00760. The van der Waals surface area contributed by atoms with E-state index in [0.29, 0.717) is 18.7 Å². The highest BCUT2D eigenvalue weighted by atomic mass is 16.7. The van der Waals surface area contributed by atoms with Crippen LogP contribution >= 0.6 is 0 Å². The molecule has 0 amide bonds. The van der Waals surface area contributed by atoms with Gasteiger partial charge >= 0.3 is 0 Å². The summed E-state index contributed by atoms with van der Waals surface area (Å²) in [4.78, 5) is 2.17. The molecule has 128 valence electrons. The highest BCUT2D eigenvalue weighted by molar-refractivity contribution is 5.64. The Kier molecular flexibility index (Phi) is 2.96. The van der Waals surface area contributed by atoms with Gasteiger partial charge in [-0.2, -0.15) is 0 Å². The fourth-order valence-corrected chi connectivity index (χ4v) is 4.95. The average molecular weight is 331 g/mol. The van der Waals surface area contributed by atoms with Crippen LogP contribution in [0.3, 0.4) is 0 Å². The number of nitrogens with zero attached hydrogens (tertiary/aromatic N) is 1. The lowest BCUT2D eigenvalue weighted by atomic mass is 9.66. The average Bonchev–Trinajstić information content (AvgIpc) is 3.14. The first-order chi connectivity index (χ1) is 11.7. The van der Waals surface area contributed by atoms with Crippen LogP contribution in [0.1, 0.15) is 24.0 Å². The minimum absolute atomic E-state index is 0.0911. The lowest BCUT2D eigenvalue weighted by Gasteiger charge is -2.45. The molecule has 2 unspecified atom stereocenters. The molecule has 5 atom stereocenters. The van der Waals surface area contributed by atoms with E-state index >= 15 is 0 Å². The van der Waals surface area contributed by atoms with E-state index in [1.165, 1.54) is 5.56 Å². The molecule has 0 saturated carbocycles. The summed E-state index contributed by atoms with van der Waals surface area (Å²) in [6.07, 6.45) is 5.52. The van der Waals surface area contributed by atoms with E-state index < -0.39 is 6.23 Å². The molecule has 1 N–H and O–H groups in total. The Hall–Kier alpha value is -1.76. The van der Waals surface area contributed by atoms with Crippen molar-refractivity contribution in [2.45, 2.75) is 43.2 Å². The van der Waals surface area contributed by atoms with Crippen LogP contribution in [0, 0.1) is 0 Å². The molecular formula is C18H21NO5. The Morgan fingerprint density at radius 1 is 1.33 bits per heavy atom. The van der Waals surface area contributed by atoms with E-state index in [-0.39, 0.29) is 24.4 Å². The molecule has 0 spiro atoms. The van der Waals surface area contributed by atoms with E-state index in [9.17, 15) is 5.11 Å². The zero-order valence-electron chi connectivity index (χ0n) is 13.8. The van der Waals surface area contributed by atoms with Crippen LogP contribution in [0.5, 0.6) is 17.2 Å². The topological polar surface area (TPSA) is 60.4 Å². The summed E-state index contributed by atoms with van der Waals surface area (Å²) in [5, 5.41) is 10.7. The van der Waals surface area contributed by atoms with Crippen LogP contribution in [-0.2, 0) is 16.7 Å². The highest BCUT2D eigenvalue weighted by Gasteiger charge is 2.57. The van der Waals surface area contributed by atoms with E-state index in [4.69, 9.17) is 18.9 Å². The molecule has 5 rings (SSSR count). The number of hydrogen-bond acceptors (Lipinski definition) is 6. The number of methoxy groups -OCH3 is 2. The van der Waals surface area contributed by atoms with Gasteiger partial charge in [0.1, 0.15) is 6.23 Å². The van der Waals surface area contributed by atoms with Crippen LogP contribution in [0.4, 0.5) is 0 Å². The van der Waals surface area contributed by atoms with Gasteiger partial charge in [0.25, 0.3) is 0 Å². The van der Waals surface area contributed by atoms with Gasteiger partial charge in [0.2, 0.25) is 12.5 Å². The standard InChI is InChI=1S/C18H21NO5/c1-21-10-3-4-18-7-15(20)19(14(18)5-10)8-11-12(18)6-13-17(16(11)22-2)24-9-23-13/h3-4,6,10,14-15,20H,5,7-9H2,1-2H3/t10-,14+,15-,18?/m0/s1. The van der Waals surface area contributed by atoms with Gasteiger partial charge in [0.05, 0.1) is 13.2 Å². The highest BCUT2D eigenvalue weighted by Crippen LogP contribution is 2.58. The molecule has 1 fully saturated rings. The quantitative estimate of drug-likeness (QED) is 0.830. The Bertz CT molecular complexity index is 733. The monoisotopic (exact) mass is 331 g/mol. The summed E-state index contributed by atoms with van der Waals surface area (Å²) < 4.78 is 22.4. The largest absolute Gasteiger partial charge is 0.492 e. The van der Waals surface area contributed by atoms with Crippen LogP contribution in [-0.4, -0.2) is 49.4 Å². The zero-order valence-corrected chi connectivity index (χ0v) is 13.8. The first-order valence-electron chi connectivity index (χ1n) is 8.34. The number of rotatable bonds is 2. The Morgan fingerprint density at radius 3 is 3.00 bits per heavy atom. The van der Waals surface area contributed by atoms with Crippen molar-refractivity contribution in [3.8, 4) is 17.2 Å². The van der Waals surface area contributed by atoms with Crippen molar-refractivity contribution >= 4 is 0 Å². The molecule has 1 aliphatic carbocycles. The van der Waals surface area contributed by atoms with Crippen LogP contribution in [0.15, 0.2) is 18.2 Å².